The van der Waals surface area contributed by atoms with Gasteiger partial charge in [0.05, 0.1) is 28.1 Å². The summed E-state index contributed by atoms with van der Waals surface area (Å²) in [6, 6.07) is 17.1. The van der Waals surface area contributed by atoms with Crippen LogP contribution in [0, 0.1) is 36.5 Å². The smallest absolute Gasteiger partial charge is 0.416 e. The number of amides is 3. The van der Waals surface area contributed by atoms with Gasteiger partial charge in [-0.25, -0.2) is 0 Å². The first kappa shape index (κ1) is 32.3. The van der Waals surface area contributed by atoms with Crippen LogP contribution < -0.4 is 19.8 Å². The summed E-state index contributed by atoms with van der Waals surface area (Å²) in [5.74, 6) is -2.28. The largest absolute Gasteiger partial charge is 0.483 e. The lowest BCUT2D eigenvalue weighted by molar-refractivity contribution is -0.137. The summed E-state index contributed by atoms with van der Waals surface area (Å²) in [6.45, 7) is 1.46. The Labute approximate surface area is 294 Å². The molecule has 3 heterocycles. The van der Waals surface area contributed by atoms with E-state index in [4.69, 9.17) is 4.74 Å². The number of benzene rings is 3. The Bertz CT molecular complexity index is 2080. The lowest BCUT2D eigenvalue weighted by Gasteiger charge is -2.43. The third-order valence-electron chi connectivity index (χ3n) is 10.2. The first-order chi connectivity index (χ1) is 23.4. The van der Waals surface area contributed by atoms with Gasteiger partial charge in [-0.3, -0.25) is 24.1 Å². The number of H-pyrrole nitrogens is 1. The first-order valence-corrected chi connectivity index (χ1v) is 18.1. The molecular weight excluding hydrogens is 743 g/mol. The number of hydrogen-bond acceptors (Lipinski definition) is 7. The van der Waals surface area contributed by atoms with Crippen molar-refractivity contribution in [2.24, 2.45) is 29.6 Å². The van der Waals surface area contributed by atoms with E-state index in [1.54, 1.807) is 36.0 Å². The average Bonchev–Trinajstić information content (AvgIpc) is 3.79. The van der Waals surface area contributed by atoms with Gasteiger partial charge >= 0.3 is 11.0 Å². The number of fused-ring (bicyclic) bond motifs is 9. The number of nitrogens with zero attached hydrogens (tertiary/aromatic N) is 1. The van der Waals surface area contributed by atoms with E-state index in [1.807, 2.05) is 25.1 Å². The number of imide groups is 1. The maximum atomic E-state index is 14.1. The molecule has 3 aromatic carbocycles. The normalized spacial score (nSPS) is 26.8. The molecule has 8 rings (SSSR count). The second-order valence-electron chi connectivity index (χ2n) is 12.9. The highest BCUT2D eigenvalue weighted by Crippen LogP contribution is 2.69. The zero-order chi connectivity index (χ0) is 34.4. The van der Waals surface area contributed by atoms with E-state index < -0.39 is 36.1 Å². The Morgan fingerprint density at radius 1 is 1.02 bits per heavy atom. The predicted octanol–water partition coefficient (Wildman–Crippen LogP) is 7.22. The third kappa shape index (κ3) is 5.42. The summed E-state index contributed by atoms with van der Waals surface area (Å²) in [6.07, 6.45) is -3.85. The average molecular weight is 771 g/mol. The Balaban J connectivity index is 1.11. The molecule has 0 spiro atoms. The van der Waals surface area contributed by atoms with Gasteiger partial charge in [-0.1, -0.05) is 51.0 Å². The van der Waals surface area contributed by atoms with E-state index in [0.29, 0.717) is 23.4 Å². The van der Waals surface area contributed by atoms with Crippen molar-refractivity contribution in [2.45, 2.75) is 35.7 Å². The number of thiazole rings is 1. The van der Waals surface area contributed by atoms with Crippen molar-refractivity contribution in [3.63, 3.8) is 0 Å². The molecule has 2 bridgehead atoms. The van der Waals surface area contributed by atoms with Gasteiger partial charge in [-0.15, -0.1) is 11.8 Å². The summed E-state index contributed by atoms with van der Waals surface area (Å²) in [7, 11) is 0. The molecule has 1 aromatic heterocycles. The fraction of sp³-hybridized carbons (Fsp3) is 0.314. The number of carbonyl (C=O) groups excluding carboxylic acids is 3. The standard InChI is InChI=1S/C35H27BrF3N3O5S2/c1-15-5-8-19(9-6-15)42-32(44)27-21-13-22(28(27)33(42)45)29-26(21)25(30-31(48-29)41-34(46)49-30)20-12-17(36)7-10-23(20)47-14-24(43)40-18-4-2-3-16(11-18)35(37,38)39/h2-12,21-22,25-29H,13-14H2,1H3,(H,40,43)(H,41,46)/t21-,22-,25-,26?,27?,28?,29?/m1/s1. The monoisotopic (exact) mass is 769 g/mol. The van der Waals surface area contributed by atoms with Crippen LogP contribution in [0.3, 0.4) is 0 Å². The number of aromatic amines is 1. The summed E-state index contributed by atoms with van der Waals surface area (Å²) in [5.41, 5.74) is 1.40. The molecule has 2 aliphatic heterocycles. The first-order valence-electron chi connectivity index (χ1n) is 15.6. The van der Waals surface area contributed by atoms with Gasteiger partial charge in [0.15, 0.2) is 6.61 Å². The van der Waals surface area contributed by atoms with Gasteiger partial charge in [0.2, 0.25) is 11.8 Å². The lowest BCUT2D eigenvalue weighted by atomic mass is 9.68. The maximum absolute atomic E-state index is 14.1. The fourth-order valence-corrected chi connectivity index (χ4v) is 11.6. The van der Waals surface area contributed by atoms with E-state index in [0.717, 1.165) is 43.4 Å². The minimum Gasteiger partial charge on any atom is -0.483 e. The molecule has 8 nitrogen and oxygen atoms in total. The van der Waals surface area contributed by atoms with Crippen molar-refractivity contribution in [3.8, 4) is 5.75 Å². The van der Waals surface area contributed by atoms with Crippen molar-refractivity contribution >= 4 is 68.1 Å². The zero-order valence-electron chi connectivity index (χ0n) is 25.6. The number of carbonyl (C=O) groups is 3. The molecule has 2 N–H and O–H groups in total. The Morgan fingerprint density at radius 2 is 1.76 bits per heavy atom. The molecule has 3 amide bonds. The summed E-state index contributed by atoms with van der Waals surface area (Å²) in [5, 5.41) is 3.14. The van der Waals surface area contributed by atoms with Crippen LogP contribution in [0.2, 0.25) is 0 Å². The summed E-state index contributed by atoms with van der Waals surface area (Å²) in [4.78, 5) is 58.6. The van der Waals surface area contributed by atoms with Crippen molar-refractivity contribution in [1.82, 2.24) is 4.98 Å². The number of alkyl halides is 3. The molecule has 4 unspecified atom stereocenters. The summed E-state index contributed by atoms with van der Waals surface area (Å²) < 4.78 is 46.4. The Morgan fingerprint density at radius 3 is 2.49 bits per heavy atom. The Hall–Kier alpha value is -3.88. The van der Waals surface area contributed by atoms with Crippen LogP contribution in [0.1, 0.15) is 33.9 Å². The number of nitrogens with one attached hydrogen (secondary N) is 2. The minimum absolute atomic E-state index is 0.0136. The second kappa shape index (κ2) is 11.9. The molecule has 2 saturated carbocycles. The lowest BCUT2D eigenvalue weighted by Crippen LogP contribution is -2.42. The van der Waals surface area contributed by atoms with Gasteiger partial charge in [-0.05, 0) is 79.6 Å². The number of hydrogen-bond donors (Lipinski definition) is 2. The molecule has 49 heavy (non-hydrogen) atoms. The zero-order valence-corrected chi connectivity index (χ0v) is 28.8. The number of aryl methyl sites for hydroxylation is 1. The van der Waals surface area contributed by atoms with E-state index in [1.165, 1.54) is 17.0 Å². The van der Waals surface area contributed by atoms with Gasteiger partial charge in [-0.2, -0.15) is 13.2 Å². The van der Waals surface area contributed by atoms with Crippen LogP contribution in [-0.2, 0) is 20.6 Å². The van der Waals surface area contributed by atoms with Gasteiger partial charge < -0.3 is 15.0 Å². The Kier molecular flexibility index (Phi) is 7.83. The number of anilines is 2. The second-order valence-corrected chi connectivity index (χ2v) is 16.0. The van der Waals surface area contributed by atoms with Crippen molar-refractivity contribution in [2.75, 3.05) is 16.8 Å². The molecule has 4 aromatic rings. The number of aromatic nitrogens is 1. The number of rotatable bonds is 6. The van der Waals surface area contributed by atoms with E-state index in [9.17, 15) is 32.3 Å². The molecular formula is C35H27BrF3N3O5S2. The molecule has 7 atom stereocenters. The molecule has 2 aliphatic carbocycles. The number of halogens is 4. The van der Waals surface area contributed by atoms with Gasteiger partial charge in [0.25, 0.3) is 5.91 Å². The number of ether oxygens (including phenoxy) is 1. The van der Waals surface area contributed by atoms with Crippen LogP contribution in [0.5, 0.6) is 5.75 Å². The highest BCUT2D eigenvalue weighted by Gasteiger charge is 2.70. The van der Waals surface area contributed by atoms with Crippen molar-refractivity contribution in [1.29, 1.82) is 0 Å². The molecule has 1 saturated heterocycles. The molecule has 252 valence electrons. The van der Waals surface area contributed by atoms with E-state index in [2.05, 4.69) is 26.2 Å². The third-order valence-corrected chi connectivity index (χ3v) is 13.2. The highest BCUT2D eigenvalue weighted by atomic mass is 79.9. The summed E-state index contributed by atoms with van der Waals surface area (Å²) >= 11 is 6.24. The highest BCUT2D eigenvalue weighted by molar-refractivity contribution is 9.10. The van der Waals surface area contributed by atoms with Crippen molar-refractivity contribution < 1.29 is 32.3 Å². The predicted molar refractivity (Wildman–Crippen MR) is 182 cm³/mol. The SMILES string of the molecule is Cc1ccc(N2C(=O)C3C(C2=O)[C@@H]2C[C@H]3C3Sc4[nH]c(=O)sc4[C@H](c4cc(Br)ccc4OCC(=O)Nc4cccc(C(F)(F)F)c4)C32)cc1. The fourth-order valence-electron chi connectivity index (χ4n) is 8.32. The van der Waals surface area contributed by atoms with E-state index in [-0.39, 0.29) is 51.3 Å². The number of thioether (sulfide) groups is 1. The van der Waals surface area contributed by atoms with E-state index >= 15 is 0 Å². The molecule has 14 heteroatoms. The van der Waals surface area contributed by atoms with Gasteiger partial charge in [0.1, 0.15) is 5.75 Å². The van der Waals surface area contributed by atoms with Gasteiger partial charge in [0, 0.05) is 31.8 Å². The quantitative estimate of drug-likeness (QED) is 0.201. The van der Waals surface area contributed by atoms with Crippen molar-refractivity contribution in [3.05, 3.63) is 102 Å². The maximum Gasteiger partial charge on any atom is 0.416 e. The molecule has 4 aliphatic rings. The van der Waals surface area contributed by atoms with Crippen LogP contribution in [0.15, 0.2) is 81.0 Å². The minimum atomic E-state index is -4.56. The molecule has 3 fully saturated rings. The molecule has 0 radical (unpaired) electrons. The van der Waals surface area contributed by atoms with Crippen LogP contribution in [0.25, 0.3) is 0 Å². The van der Waals surface area contributed by atoms with Crippen LogP contribution in [-0.4, -0.2) is 34.6 Å². The van der Waals surface area contributed by atoms with Crippen LogP contribution >= 0.6 is 39.0 Å². The topological polar surface area (TPSA) is 109 Å². The van der Waals surface area contributed by atoms with Crippen LogP contribution in [0.4, 0.5) is 24.5 Å².